The van der Waals surface area contributed by atoms with Crippen molar-refractivity contribution in [3.63, 3.8) is 0 Å². The van der Waals surface area contributed by atoms with Crippen molar-refractivity contribution in [3.05, 3.63) is 78.5 Å². The molecule has 3 rings (SSSR count). The fraction of sp³-hybridized carbons (Fsp3) is 0.261. The van der Waals surface area contributed by atoms with E-state index in [0.29, 0.717) is 17.0 Å². The van der Waals surface area contributed by atoms with Crippen molar-refractivity contribution in [2.45, 2.75) is 30.6 Å². The molecule has 33 heavy (non-hydrogen) atoms. The molecule has 0 unspecified atom stereocenters. The second kappa shape index (κ2) is 9.60. The van der Waals surface area contributed by atoms with E-state index in [1.807, 2.05) is 50.3 Å². The van der Waals surface area contributed by atoms with E-state index in [9.17, 15) is 25.9 Å². The summed E-state index contributed by atoms with van der Waals surface area (Å²) in [6, 6.07) is 14.1. The Morgan fingerprint density at radius 2 is 1.73 bits per heavy atom. The molecule has 2 N–H and O–H groups in total. The minimum absolute atomic E-state index is 0.0696. The fourth-order valence-electron chi connectivity index (χ4n) is 4.00. The molecule has 8 nitrogen and oxygen atoms in total. The molecule has 0 saturated carbocycles. The van der Waals surface area contributed by atoms with Gasteiger partial charge >= 0.3 is 0 Å². The summed E-state index contributed by atoms with van der Waals surface area (Å²) in [6.45, 7) is 3.85. The van der Waals surface area contributed by atoms with E-state index in [0.717, 1.165) is 5.69 Å². The maximum absolute atomic E-state index is 12.0. The van der Waals surface area contributed by atoms with E-state index in [-0.39, 0.29) is 17.9 Å². The molecule has 10 heteroatoms. The second-order valence-electron chi connectivity index (χ2n) is 8.13. The van der Waals surface area contributed by atoms with Gasteiger partial charge in [0.2, 0.25) is 5.69 Å². The first-order valence-corrected chi connectivity index (χ1v) is 13.3. The average Bonchev–Trinajstić information content (AvgIpc) is 2.94. The van der Waals surface area contributed by atoms with Crippen LogP contribution in [0.15, 0.2) is 77.9 Å². The monoisotopic (exact) mass is 490 g/mol. The van der Waals surface area contributed by atoms with Crippen LogP contribution in [0.1, 0.15) is 25.8 Å². The van der Waals surface area contributed by atoms with Gasteiger partial charge in [-0.1, -0.05) is 30.3 Å². The van der Waals surface area contributed by atoms with Gasteiger partial charge in [-0.3, -0.25) is 4.55 Å². The summed E-state index contributed by atoms with van der Waals surface area (Å²) in [5, 5.41) is 3.13. The highest BCUT2D eigenvalue weighted by molar-refractivity contribution is 7.86. The molecular weight excluding hydrogens is 464 g/mol. The predicted molar refractivity (Wildman–Crippen MR) is 127 cm³/mol. The molecule has 0 bridgehead atoms. The zero-order chi connectivity index (χ0) is 24.3. The van der Waals surface area contributed by atoms with Crippen LogP contribution in [0.25, 0.3) is 0 Å². The number of benzene rings is 2. The third kappa shape index (κ3) is 5.97. The maximum atomic E-state index is 12.0. The zero-order valence-corrected chi connectivity index (χ0v) is 19.9. The normalized spacial score (nSPS) is 16.0. The topological polar surface area (TPSA) is 127 Å². The fourth-order valence-corrected chi connectivity index (χ4v) is 5.35. The highest BCUT2D eigenvalue weighted by Gasteiger charge is 2.47. The van der Waals surface area contributed by atoms with Crippen LogP contribution in [-0.2, 0) is 25.7 Å². The molecular formula is C23H26N2O6S2. The van der Waals surface area contributed by atoms with Gasteiger partial charge in [-0.05, 0) is 38.1 Å². The van der Waals surface area contributed by atoms with Crippen LogP contribution in [0.5, 0.6) is 0 Å². The molecule has 176 valence electrons. The number of nitrogens with zero attached hydrogens (tertiary/aromatic N) is 1. The van der Waals surface area contributed by atoms with Gasteiger partial charge in [-0.2, -0.15) is 13.0 Å². The van der Waals surface area contributed by atoms with Crippen LogP contribution in [0, 0.1) is 0 Å². The Balaban J connectivity index is 1.97. The molecule has 2 aromatic carbocycles. The van der Waals surface area contributed by atoms with Gasteiger partial charge in [0.1, 0.15) is 11.4 Å². The van der Waals surface area contributed by atoms with Crippen LogP contribution < -0.4 is 5.32 Å². The van der Waals surface area contributed by atoms with Crippen LogP contribution in [0.2, 0.25) is 0 Å². The summed E-state index contributed by atoms with van der Waals surface area (Å²) in [4.78, 5) is -0.198. The largest absolute Gasteiger partial charge is 0.748 e. The first-order chi connectivity index (χ1) is 15.4. The van der Waals surface area contributed by atoms with Gasteiger partial charge in [-0.25, -0.2) is 8.42 Å². The lowest BCUT2D eigenvalue weighted by Crippen LogP contribution is -2.29. The van der Waals surface area contributed by atoms with E-state index in [1.54, 1.807) is 29.0 Å². The Morgan fingerprint density at radius 3 is 2.36 bits per heavy atom. The molecule has 1 heterocycles. The third-order valence-corrected chi connectivity index (χ3v) is 7.08. The Morgan fingerprint density at radius 1 is 1.03 bits per heavy atom. The second-order valence-corrected chi connectivity index (χ2v) is 11.0. The molecule has 0 aliphatic carbocycles. The summed E-state index contributed by atoms with van der Waals surface area (Å²) in [7, 11) is -8.86. The van der Waals surface area contributed by atoms with Crippen molar-refractivity contribution in [1.82, 2.24) is 0 Å². The van der Waals surface area contributed by atoms with E-state index in [2.05, 4.69) is 5.32 Å². The summed E-state index contributed by atoms with van der Waals surface area (Å²) in [5.41, 5.74) is 1.78. The lowest BCUT2D eigenvalue weighted by Gasteiger charge is -2.17. The average molecular weight is 491 g/mol. The van der Waals surface area contributed by atoms with Crippen molar-refractivity contribution in [2.24, 2.45) is 0 Å². The molecule has 0 fully saturated rings. The van der Waals surface area contributed by atoms with Crippen molar-refractivity contribution in [3.8, 4) is 0 Å². The molecule has 0 amide bonds. The minimum Gasteiger partial charge on any atom is -0.748 e. The van der Waals surface area contributed by atoms with Crippen LogP contribution in [0.4, 0.5) is 11.4 Å². The number of hydrogen-bond donors (Lipinski definition) is 2. The molecule has 1 aliphatic rings. The lowest BCUT2D eigenvalue weighted by molar-refractivity contribution is -0.437. The van der Waals surface area contributed by atoms with E-state index < -0.39 is 31.4 Å². The number of nitrogens with one attached hydrogen (secondary N) is 1. The Labute approximate surface area is 194 Å². The highest BCUT2D eigenvalue weighted by atomic mass is 32.2. The number of fused-ring (bicyclic) bond motifs is 1. The van der Waals surface area contributed by atoms with Gasteiger partial charge in [0.15, 0.2) is 5.71 Å². The smallest absolute Gasteiger partial charge is 0.295 e. The quantitative estimate of drug-likeness (QED) is 0.313. The van der Waals surface area contributed by atoms with Crippen molar-refractivity contribution >= 4 is 37.3 Å². The van der Waals surface area contributed by atoms with Gasteiger partial charge in [-0.15, -0.1) is 0 Å². The molecule has 0 radical (unpaired) electrons. The van der Waals surface area contributed by atoms with Crippen LogP contribution >= 0.6 is 0 Å². The summed E-state index contributed by atoms with van der Waals surface area (Å²) in [5.74, 6) is -0.533. The minimum atomic E-state index is -4.48. The first-order valence-electron chi connectivity index (χ1n) is 10.3. The molecule has 0 saturated heterocycles. The van der Waals surface area contributed by atoms with Crippen LogP contribution in [0.3, 0.4) is 0 Å². The lowest BCUT2D eigenvalue weighted by atomic mass is 9.81. The summed E-state index contributed by atoms with van der Waals surface area (Å²) in [6.07, 6.45) is 7.19. The first kappa shape index (κ1) is 24.8. The number of rotatable bonds is 9. The molecule has 2 aromatic rings. The predicted octanol–water partition coefficient (Wildman–Crippen LogP) is 3.43. The van der Waals surface area contributed by atoms with Gasteiger partial charge in [0.25, 0.3) is 10.1 Å². The van der Waals surface area contributed by atoms with E-state index in [4.69, 9.17) is 0 Å². The summed E-state index contributed by atoms with van der Waals surface area (Å²) < 4.78 is 68.9. The molecule has 1 aliphatic heterocycles. The molecule has 0 atom stereocenters. The summed E-state index contributed by atoms with van der Waals surface area (Å²) >= 11 is 0. The Bertz CT molecular complexity index is 1330. The standard InChI is InChI=1S/C23H26N2O6S2/c1-23(2)21(14-6-7-15-24-18-10-4-3-5-11-18)25(16-9-17-32(26,27)28)19-12-8-13-20(22(19)23)33(29,30)31/h3-8,10-15H,9,16-17H2,1-2H3,(H2,26,27,28,29,30,31). The SMILES string of the molecule is CC1(C)C(/C=C/C=C/Nc2ccccc2)=[N+](CCCS(=O)(=O)[O-])c2cccc(S(=O)(=O)O)c21. The van der Waals surface area contributed by atoms with Crippen molar-refractivity contribution < 1.29 is 30.5 Å². The number of allylic oxidation sites excluding steroid dienone is 3. The number of para-hydroxylation sites is 1. The van der Waals surface area contributed by atoms with Crippen molar-refractivity contribution in [2.75, 3.05) is 17.6 Å². The van der Waals surface area contributed by atoms with Crippen molar-refractivity contribution in [1.29, 1.82) is 0 Å². The third-order valence-electron chi connectivity index (χ3n) is 5.39. The van der Waals surface area contributed by atoms with Gasteiger partial charge < -0.3 is 9.87 Å². The van der Waals surface area contributed by atoms with Gasteiger partial charge in [0, 0.05) is 36.2 Å². The molecule has 0 spiro atoms. The van der Waals surface area contributed by atoms with Crippen LogP contribution in [-0.4, -0.2) is 48.5 Å². The van der Waals surface area contributed by atoms with E-state index in [1.165, 1.54) is 12.1 Å². The number of anilines is 1. The Kier molecular flexibility index (Phi) is 7.23. The number of hydrogen-bond acceptors (Lipinski definition) is 6. The Hall–Kier alpha value is -2.79. The maximum Gasteiger partial charge on any atom is 0.295 e. The zero-order valence-electron chi connectivity index (χ0n) is 18.3. The van der Waals surface area contributed by atoms with Gasteiger partial charge in [0.05, 0.1) is 21.1 Å². The van der Waals surface area contributed by atoms with E-state index >= 15 is 0 Å². The highest BCUT2D eigenvalue weighted by Crippen LogP contribution is 2.43. The molecule has 0 aromatic heterocycles.